The van der Waals surface area contributed by atoms with Gasteiger partial charge < -0.3 is 14.7 Å². The first kappa shape index (κ1) is 19.2. The Balaban J connectivity index is 1.63. The number of rotatable bonds is 4. The number of carbonyl (C=O) groups excluding carboxylic acids is 1. The molecule has 27 heavy (non-hydrogen) atoms. The van der Waals surface area contributed by atoms with Crippen molar-refractivity contribution in [1.29, 1.82) is 0 Å². The van der Waals surface area contributed by atoms with E-state index in [0.29, 0.717) is 5.75 Å². The molecule has 4 nitrogen and oxygen atoms in total. The third-order valence-corrected chi connectivity index (χ3v) is 4.69. The first-order valence-electron chi connectivity index (χ1n) is 8.64. The van der Waals surface area contributed by atoms with Crippen LogP contribution in [0, 0.1) is 0 Å². The fourth-order valence-corrected chi connectivity index (χ4v) is 3.09. The normalized spacial score (nSPS) is 16.8. The average Bonchev–Trinajstić information content (AvgIpc) is 2.67. The minimum atomic E-state index is -4.59. The van der Waals surface area contributed by atoms with Crippen LogP contribution in [-0.4, -0.2) is 41.2 Å². The molecule has 1 heterocycles. The summed E-state index contributed by atoms with van der Waals surface area (Å²) in [5.74, 6) is -0.0440. The van der Waals surface area contributed by atoms with Crippen LogP contribution in [0.1, 0.15) is 28.8 Å². The van der Waals surface area contributed by atoms with Crippen LogP contribution in [0.25, 0.3) is 0 Å². The molecule has 144 valence electrons. The molecule has 7 heteroatoms. The van der Waals surface area contributed by atoms with E-state index in [-0.39, 0.29) is 38.1 Å². The van der Waals surface area contributed by atoms with Crippen LogP contribution in [0.3, 0.4) is 0 Å². The van der Waals surface area contributed by atoms with Crippen molar-refractivity contribution in [3.05, 3.63) is 65.7 Å². The molecule has 0 spiro atoms. The Morgan fingerprint density at radius 3 is 2.26 bits per heavy atom. The smallest absolute Gasteiger partial charge is 0.417 e. The molecule has 1 amide bonds. The van der Waals surface area contributed by atoms with E-state index in [0.717, 1.165) is 6.07 Å². The maximum Gasteiger partial charge on any atom is 0.417 e. The summed E-state index contributed by atoms with van der Waals surface area (Å²) in [6.45, 7) is 0.400. The summed E-state index contributed by atoms with van der Waals surface area (Å²) in [4.78, 5) is 13.9. The summed E-state index contributed by atoms with van der Waals surface area (Å²) in [5, 5.41) is 10.6. The van der Waals surface area contributed by atoms with Crippen molar-refractivity contribution < 1.29 is 27.8 Å². The fraction of sp³-hybridized carbons (Fsp3) is 0.350. The molecule has 0 bridgehead atoms. The Labute approximate surface area is 155 Å². The predicted octanol–water partition coefficient (Wildman–Crippen LogP) is 3.75. The monoisotopic (exact) mass is 379 g/mol. The van der Waals surface area contributed by atoms with E-state index in [1.165, 1.54) is 23.1 Å². The Bertz CT molecular complexity index is 785. The molecule has 2 aromatic rings. The number of halogens is 3. The number of piperidine rings is 1. The second-order valence-corrected chi connectivity index (χ2v) is 6.66. The number of hydrogen-bond acceptors (Lipinski definition) is 3. The number of aliphatic hydroxyl groups is 1. The van der Waals surface area contributed by atoms with Gasteiger partial charge in [0.15, 0.2) is 0 Å². The number of para-hydroxylation sites is 1. The van der Waals surface area contributed by atoms with Gasteiger partial charge in [-0.3, -0.25) is 4.79 Å². The van der Waals surface area contributed by atoms with Crippen molar-refractivity contribution in [2.45, 2.75) is 24.6 Å². The first-order chi connectivity index (χ1) is 12.8. The van der Waals surface area contributed by atoms with Gasteiger partial charge in [0, 0.05) is 13.1 Å². The molecule has 2 aromatic carbocycles. The van der Waals surface area contributed by atoms with E-state index in [4.69, 9.17) is 4.74 Å². The number of carbonyl (C=O) groups is 1. The van der Waals surface area contributed by atoms with E-state index >= 15 is 0 Å². The van der Waals surface area contributed by atoms with Crippen LogP contribution in [0.4, 0.5) is 13.2 Å². The Morgan fingerprint density at radius 2 is 1.63 bits per heavy atom. The third kappa shape index (κ3) is 4.60. The number of hydrogen-bond donors (Lipinski definition) is 1. The van der Waals surface area contributed by atoms with Crippen LogP contribution in [0.2, 0.25) is 0 Å². The molecular formula is C20H20F3NO3. The van der Waals surface area contributed by atoms with Gasteiger partial charge in [-0.1, -0.05) is 30.3 Å². The Kier molecular flexibility index (Phi) is 5.41. The molecule has 0 unspecified atom stereocenters. The molecule has 1 N–H and O–H groups in total. The number of ether oxygens (including phenoxy) is 1. The SMILES string of the molecule is O=C(c1ccccc1C(F)(F)F)N1CCC(O)(COc2ccccc2)CC1. The van der Waals surface area contributed by atoms with Crippen molar-refractivity contribution in [1.82, 2.24) is 4.90 Å². The highest BCUT2D eigenvalue weighted by atomic mass is 19.4. The van der Waals surface area contributed by atoms with E-state index in [9.17, 15) is 23.1 Å². The summed E-state index contributed by atoms with van der Waals surface area (Å²) in [6, 6.07) is 13.8. The Hall–Kier alpha value is -2.54. The summed E-state index contributed by atoms with van der Waals surface area (Å²) >= 11 is 0. The van der Waals surface area contributed by atoms with Crippen LogP contribution in [-0.2, 0) is 6.18 Å². The number of likely N-dealkylation sites (tertiary alicyclic amines) is 1. The minimum Gasteiger partial charge on any atom is -0.491 e. The molecule has 1 aliphatic heterocycles. The van der Waals surface area contributed by atoms with Gasteiger partial charge in [0.2, 0.25) is 0 Å². The number of amides is 1. The second-order valence-electron chi connectivity index (χ2n) is 6.66. The van der Waals surface area contributed by atoms with E-state index in [1.54, 1.807) is 12.1 Å². The van der Waals surface area contributed by atoms with Crippen molar-refractivity contribution >= 4 is 5.91 Å². The van der Waals surface area contributed by atoms with Gasteiger partial charge >= 0.3 is 6.18 Å². The van der Waals surface area contributed by atoms with Gasteiger partial charge in [-0.15, -0.1) is 0 Å². The van der Waals surface area contributed by atoms with Crippen molar-refractivity contribution in [2.75, 3.05) is 19.7 Å². The highest BCUT2D eigenvalue weighted by Gasteiger charge is 2.39. The quantitative estimate of drug-likeness (QED) is 0.880. The summed E-state index contributed by atoms with van der Waals surface area (Å²) in [7, 11) is 0. The van der Waals surface area contributed by atoms with Crippen molar-refractivity contribution in [3.63, 3.8) is 0 Å². The van der Waals surface area contributed by atoms with E-state index < -0.39 is 23.2 Å². The zero-order chi connectivity index (χ0) is 19.5. The minimum absolute atomic E-state index is 0.0676. The van der Waals surface area contributed by atoms with Crippen LogP contribution in [0.15, 0.2) is 54.6 Å². The van der Waals surface area contributed by atoms with Gasteiger partial charge in [0.05, 0.1) is 11.1 Å². The lowest BCUT2D eigenvalue weighted by atomic mass is 9.91. The molecule has 1 saturated heterocycles. The molecule has 1 aliphatic rings. The summed E-state index contributed by atoms with van der Waals surface area (Å²) < 4.78 is 45.0. The average molecular weight is 379 g/mol. The van der Waals surface area contributed by atoms with Gasteiger partial charge in [0.1, 0.15) is 18.0 Å². The molecule has 0 saturated carbocycles. The predicted molar refractivity (Wildman–Crippen MR) is 93.5 cm³/mol. The van der Waals surface area contributed by atoms with Gasteiger partial charge in [-0.2, -0.15) is 13.2 Å². The van der Waals surface area contributed by atoms with E-state index in [2.05, 4.69) is 0 Å². The molecule has 0 aliphatic carbocycles. The molecule has 1 fully saturated rings. The van der Waals surface area contributed by atoms with Crippen LogP contribution >= 0.6 is 0 Å². The Morgan fingerprint density at radius 1 is 1.04 bits per heavy atom. The molecule has 0 radical (unpaired) electrons. The van der Waals surface area contributed by atoms with Crippen LogP contribution < -0.4 is 4.74 Å². The molecule has 0 aromatic heterocycles. The maximum absolute atomic E-state index is 13.1. The maximum atomic E-state index is 13.1. The zero-order valence-corrected chi connectivity index (χ0v) is 14.6. The van der Waals surface area contributed by atoms with Gasteiger partial charge in [-0.05, 0) is 37.1 Å². The number of nitrogens with zero attached hydrogens (tertiary/aromatic N) is 1. The zero-order valence-electron chi connectivity index (χ0n) is 14.6. The van der Waals surface area contributed by atoms with Crippen molar-refractivity contribution in [2.24, 2.45) is 0 Å². The van der Waals surface area contributed by atoms with Gasteiger partial charge in [0.25, 0.3) is 5.91 Å². The number of alkyl halides is 3. The van der Waals surface area contributed by atoms with Crippen LogP contribution in [0.5, 0.6) is 5.75 Å². The van der Waals surface area contributed by atoms with Crippen molar-refractivity contribution in [3.8, 4) is 5.75 Å². The largest absolute Gasteiger partial charge is 0.491 e. The lowest BCUT2D eigenvalue weighted by molar-refractivity contribution is -0.138. The van der Waals surface area contributed by atoms with Gasteiger partial charge in [-0.25, -0.2) is 0 Å². The topological polar surface area (TPSA) is 49.8 Å². The lowest BCUT2D eigenvalue weighted by Crippen LogP contribution is -2.49. The summed E-state index contributed by atoms with van der Waals surface area (Å²) in [6.07, 6.45) is -4.12. The standard InChI is InChI=1S/C20H20F3NO3/c21-20(22,23)17-9-5-4-8-16(17)18(25)24-12-10-19(26,11-13-24)14-27-15-6-2-1-3-7-15/h1-9,26H,10-14H2. The highest BCUT2D eigenvalue weighted by molar-refractivity contribution is 5.96. The first-order valence-corrected chi connectivity index (χ1v) is 8.64. The number of benzene rings is 2. The molecular weight excluding hydrogens is 359 g/mol. The summed E-state index contributed by atoms with van der Waals surface area (Å²) in [5.41, 5.74) is -2.42. The fourth-order valence-electron chi connectivity index (χ4n) is 3.09. The van der Waals surface area contributed by atoms with E-state index in [1.807, 2.05) is 18.2 Å². The molecule has 3 rings (SSSR count). The lowest BCUT2D eigenvalue weighted by Gasteiger charge is -2.38. The highest BCUT2D eigenvalue weighted by Crippen LogP contribution is 2.33. The molecule has 0 atom stereocenters. The third-order valence-electron chi connectivity index (χ3n) is 4.69. The second kappa shape index (κ2) is 7.60.